The first-order chi connectivity index (χ1) is 23.9. The lowest BCUT2D eigenvalue weighted by atomic mass is 10.1. The summed E-state index contributed by atoms with van der Waals surface area (Å²) < 4.78 is 10.4. The molecule has 1 amide bonds. The fourth-order valence-corrected chi connectivity index (χ4v) is 6.00. The van der Waals surface area contributed by atoms with Crippen LogP contribution in [0.2, 0.25) is 0 Å². The average Bonchev–Trinajstić information content (AvgIpc) is 4.05. The number of nitrogens with zero attached hydrogens (tertiary/aromatic N) is 5. The highest BCUT2D eigenvalue weighted by molar-refractivity contribution is 5.98. The van der Waals surface area contributed by atoms with Crippen LogP contribution in [0.1, 0.15) is 36.1 Å². The van der Waals surface area contributed by atoms with Gasteiger partial charge in [0.1, 0.15) is 11.5 Å². The molecular weight excluding hydrogens is 624 g/mol. The van der Waals surface area contributed by atoms with Gasteiger partial charge in [-0.25, -0.2) is 9.97 Å². The molecule has 2 saturated carbocycles. The van der Waals surface area contributed by atoms with Gasteiger partial charge < -0.3 is 24.8 Å². The van der Waals surface area contributed by atoms with E-state index in [4.69, 9.17) is 14.6 Å². The summed E-state index contributed by atoms with van der Waals surface area (Å²) in [6.07, 6.45) is 4.92. The van der Waals surface area contributed by atoms with Gasteiger partial charge in [0, 0.05) is 66.4 Å². The summed E-state index contributed by atoms with van der Waals surface area (Å²) in [4.78, 5) is 33.6. The number of carboxylic acids is 1. The molecule has 4 aromatic heterocycles. The van der Waals surface area contributed by atoms with E-state index < -0.39 is 5.97 Å². The number of anilines is 2. The van der Waals surface area contributed by atoms with Crippen LogP contribution in [0, 0.1) is 11.8 Å². The van der Waals surface area contributed by atoms with Crippen molar-refractivity contribution in [2.45, 2.75) is 24.7 Å². The summed E-state index contributed by atoms with van der Waals surface area (Å²) >= 11 is 0. The summed E-state index contributed by atoms with van der Waals surface area (Å²) in [5, 5.41) is 28.0. The number of fused-ring (bicyclic) bond motifs is 2. The molecule has 2 fully saturated rings. The zero-order chi connectivity index (χ0) is 34.5. The highest BCUT2D eigenvalue weighted by Crippen LogP contribution is 2.50. The van der Waals surface area contributed by atoms with Crippen LogP contribution in [0.4, 0.5) is 11.4 Å². The quantitative estimate of drug-likeness (QED) is 0.160. The van der Waals surface area contributed by atoms with E-state index in [1.165, 1.54) is 0 Å². The number of methoxy groups -OCH3 is 2. The van der Waals surface area contributed by atoms with Crippen molar-refractivity contribution < 1.29 is 24.2 Å². The molecule has 13 heteroatoms. The number of benzene rings is 2. The highest BCUT2D eigenvalue weighted by Gasteiger charge is 2.48. The van der Waals surface area contributed by atoms with Gasteiger partial charge in [-0.15, -0.1) is 0 Å². The predicted molar refractivity (Wildman–Crippen MR) is 186 cm³/mol. The number of carbonyl (C=O) groups excluding carboxylic acids is 1. The number of hydrogen-bond donors (Lipinski definition) is 4. The summed E-state index contributed by atoms with van der Waals surface area (Å²) in [7, 11) is 6.94. The second-order valence-corrected chi connectivity index (χ2v) is 11.8. The second-order valence-electron chi connectivity index (χ2n) is 11.8. The Morgan fingerprint density at radius 3 is 1.84 bits per heavy atom. The Bertz CT molecular complexity index is 2050. The molecule has 0 saturated heterocycles. The van der Waals surface area contributed by atoms with Gasteiger partial charge in [-0.05, 0) is 61.4 Å². The van der Waals surface area contributed by atoms with Crippen LogP contribution in [0.3, 0.4) is 0 Å². The van der Waals surface area contributed by atoms with Crippen LogP contribution in [0.15, 0.2) is 85.2 Å². The van der Waals surface area contributed by atoms with Crippen LogP contribution in [-0.4, -0.2) is 75.7 Å². The molecule has 8 rings (SSSR count). The minimum Gasteiger partial charge on any atom is -0.495 e. The Hall–Kier alpha value is -5.98. The van der Waals surface area contributed by atoms with Gasteiger partial charge in [0.2, 0.25) is 5.91 Å². The maximum Gasteiger partial charge on any atom is 0.307 e. The van der Waals surface area contributed by atoms with E-state index in [0.29, 0.717) is 23.5 Å². The van der Waals surface area contributed by atoms with E-state index in [-0.39, 0.29) is 29.6 Å². The van der Waals surface area contributed by atoms with E-state index >= 15 is 0 Å². The second kappa shape index (κ2) is 14.4. The Kier molecular flexibility index (Phi) is 9.69. The first-order valence-electron chi connectivity index (χ1n) is 15.9. The minimum atomic E-state index is -0.730. The van der Waals surface area contributed by atoms with Gasteiger partial charge in [0.05, 0.1) is 31.5 Å². The zero-order valence-electron chi connectivity index (χ0n) is 27.6. The third-order valence-corrected chi connectivity index (χ3v) is 8.83. The third kappa shape index (κ3) is 7.00. The van der Waals surface area contributed by atoms with Crippen LogP contribution in [0.25, 0.3) is 22.1 Å². The number of nitrogens with one attached hydrogen (secondary N) is 3. The van der Waals surface area contributed by atoms with Crippen LogP contribution >= 0.6 is 0 Å². The largest absolute Gasteiger partial charge is 0.495 e. The fraction of sp³-hybridized carbons (Fsp3) is 0.278. The van der Waals surface area contributed by atoms with Crippen LogP contribution in [-0.2, 0) is 9.59 Å². The van der Waals surface area contributed by atoms with Gasteiger partial charge in [0.25, 0.3) is 0 Å². The number of carbonyl (C=O) groups is 2. The smallest absolute Gasteiger partial charge is 0.307 e. The number of aliphatic carboxylic acids is 1. The van der Waals surface area contributed by atoms with Crippen molar-refractivity contribution in [3.63, 3.8) is 0 Å². The standard InChI is InChI=1S/C18H18N4O2.C10H9N3O2.C8H11NO/c1-22(14-7-3-4-8-15(14)24-2)18(23)13-10-12(13)16-11-6-5-9-19-17(11)21-20-16;14-10(15)7-4-6(7)8-5-2-1-3-11-9(5)13-12-8;1-9-7-5-3-4-6-8(7)10-2/h3-9,12-13H,10H2,1-2H3,(H,19,20,21);1-3,6-7H,4H2,(H,14,15)(H,11,12,13);3-6,9H,1-2H3. The monoisotopic (exact) mass is 662 g/mol. The zero-order valence-corrected chi connectivity index (χ0v) is 27.6. The van der Waals surface area contributed by atoms with Gasteiger partial charge in [-0.2, -0.15) is 10.2 Å². The number of rotatable bonds is 8. The van der Waals surface area contributed by atoms with Crippen molar-refractivity contribution in [1.82, 2.24) is 30.4 Å². The number of H-pyrrole nitrogens is 2. The van der Waals surface area contributed by atoms with Crippen LogP contribution in [0.5, 0.6) is 11.5 Å². The van der Waals surface area contributed by atoms with Gasteiger partial charge in [0.15, 0.2) is 11.3 Å². The number of carboxylic acid groups (broad SMARTS) is 1. The van der Waals surface area contributed by atoms with Crippen molar-refractivity contribution in [1.29, 1.82) is 0 Å². The third-order valence-electron chi connectivity index (χ3n) is 8.83. The highest BCUT2D eigenvalue weighted by atomic mass is 16.5. The van der Waals surface area contributed by atoms with E-state index in [1.807, 2.05) is 79.8 Å². The minimum absolute atomic E-state index is 0.0382. The van der Waals surface area contributed by atoms with E-state index in [1.54, 1.807) is 38.6 Å². The van der Waals surface area contributed by atoms with Gasteiger partial charge in [-0.1, -0.05) is 24.3 Å². The van der Waals surface area contributed by atoms with E-state index in [2.05, 4.69) is 35.7 Å². The SMILES string of the molecule is CNc1ccccc1OC.COc1ccccc1N(C)C(=O)C1CC1c1[nH]nc2ncccc12.O=C(O)C1CC1c1[nH]nc2ncccc12. The molecule has 4 unspecified atom stereocenters. The first-order valence-corrected chi connectivity index (χ1v) is 15.9. The molecule has 4 N–H and O–H groups in total. The summed E-state index contributed by atoms with van der Waals surface area (Å²) in [6, 6.07) is 23.0. The lowest BCUT2D eigenvalue weighted by molar-refractivity contribution is -0.138. The van der Waals surface area contributed by atoms with Crippen molar-refractivity contribution in [3.05, 3.63) is 96.6 Å². The Balaban J connectivity index is 0.000000142. The van der Waals surface area contributed by atoms with Gasteiger partial charge >= 0.3 is 5.97 Å². The normalized spacial score (nSPS) is 18.7. The molecular formula is C36H38N8O5. The lowest BCUT2D eigenvalue weighted by Crippen LogP contribution is -2.28. The number of para-hydroxylation sites is 4. The molecule has 0 bridgehead atoms. The number of pyridine rings is 2. The maximum absolute atomic E-state index is 12.8. The number of ether oxygens (including phenoxy) is 2. The van der Waals surface area contributed by atoms with Gasteiger partial charge in [-0.3, -0.25) is 19.8 Å². The molecule has 49 heavy (non-hydrogen) atoms. The van der Waals surface area contributed by atoms with Crippen molar-refractivity contribution >= 4 is 45.3 Å². The molecule has 0 spiro atoms. The van der Waals surface area contributed by atoms with Crippen molar-refractivity contribution in [2.75, 3.05) is 38.5 Å². The summed E-state index contributed by atoms with van der Waals surface area (Å²) in [6.45, 7) is 0. The molecule has 13 nitrogen and oxygen atoms in total. The van der Waals surface area contributed by atoms with E-state index in [0.717, 1.165) is 45.7 Å². The molecule has 0 aliphatic heterocycles. The molecule has 2 aliphatic carbocycles. The Morgan fingerprint density at radius 1 is 0.776 bits per heavy atom. The number of aromatic amines is 2. The molecule has 2 aliphatic rings. The molecule has 4 atom stereocenters. The summed E-state index contributed by atoms with van der Waals surface area (Å²) in [5.41, 5.74) is 5.07. The molecule has 252 valence electrons. The number of aromatic nitrogens is 6. The van der Waals surface area contributed by atoms with E-state index in [9.17, 15) is 9.59 Å². The molecule has 6 aromatic rings. The molecule has 0 radical (unpaired) electrons. The first kappa shape index (κ1) is 32.9. The maximum atomic E-state index is 12.8. The molecule has 2 aromatic carbocycles. The number of amides is 1. The lowest BCUT2D eigenvalue weighted by Gasteiger charge is -2.20. The Labute approximate surface area is 282 Å². The van der Waals surface area contributed by atoms with Crippen molar-refractivity contribution in [3.8, 4) is 11.5 Å². The predicted octanol–water partition coefficient (Wildman–Crippen LogP) is 5.62. The van der Waals surface area contributed by atoms with Crippen molar-refractivity contribution in [2.24, 2.45) is 11.8 Å². The topological polar surface area (TPSA) is 171 Å². The summed E-state index contributed by atoms with van der Waals surface area (Å²) in [5.74, 6) is 0.896. The Morgan fingerprint density at radius 2 is 1.31 bits per heavy atom. The fourth-order valence-electron chi connectivity index (χ4n) is 6.00. The average molecular weight is 663 g/mol. The molecule has 4 heterocycles. The number of hydrogen-bond acceptors (Lipinski definition) is 9. The van der Waals surface area contributed by atoms with Crippen LogP contribution < -0.4 is 19.7 Å².